The van der Waals surface area contributed by atoms with Crippen molar-refractivity contribution in [1.29, 1.82) is 0 Å². The Morgan fingerprint density at radius 1 is 1.11 bits per heavy atom. The average Bonchev–Trinajstić information content (AvgIpc) is 3.35. The second kappa shape index (κ2) is 13.4. The molecule has 0 spiro atoms. The van der Waals surface area contributed by atoms with Gasteiger partial charge < -0.3 is 15.4 Å². The number of rotatable bonds is 11. The summed E-state index contributed by atoms with van der Waals surface area (Å²) in [5.41, 5.74) is 0.847. The van der Waals surface area contributed by atoms with Crippen LogP contribution < -0.4 is 10.6 Å². The molecule has 1 aliphatic rings. The first-order valence-electron chi connectivity index (χ1n) is 12.8. The van der Waals surface area contributed by atoms with Crippen LogP contribution in [-0.4, -0.2) is 40.4 Å². The van der Waals surface area contributed by atoms with Crippen molar-refractivity contribution in [2.24, 2.45) is 23.7 Å². The molecule has 0 saturated carbocycles. The van der Waals surface area contributed by atoms with E-state index in [4.69, 9.17) is 4.74 Å². The molecule has 3 unspecified atom stereocenters. The van der Waals surface area contributed by atoms with E-state index in [0.29, 0.717) is 5.01 Å². The van der Waals surface area contributed by atoms with Crippen molar-refractivity contribution in [1.82, 2.24) is 15.6 Å². The molecular weight excluding hydrogens is 506 g/mol. The van der Waals surface area contributed by atoms with Gasteiger partial charge in [0.25, 0.3) is 5.91 Å². The van der Waals surface area contributed by atoms with Crippen LogP contribution in [0.2, 0.25) is 0 Å². The van der Waals surface area contributed by atoms with Gasteiger partial charge >= 0.3 is 5.97 Å². The molecule has 1 aromatic carbocycles. The first-order valence-corrected chi connectivity index (χ1v) is 13.6. The lowest BCUT2D eigenvalue weighted by atomic mass is 9.86. The van der Waals surface area contributed by atoms with Gasteiger partial charge in [0.1, 0.15) is 11.6 Å². The summed E-state index contributed by atoms with van der Waals surface area (Å²) in [6.07, 6.45) is 1.59. The number of aromatic nitrogens is 1. The SMILES string of the molecule is CC(C)C(CC(=O)OCc1ccccc1)C(=O)NC(C(=O)CC1Cc2cnc(s2)CNC(=O)C1=O)C(C)C. The Morgan fingerprint density at radius 2 is 1.82 bits per heavy atom. The van der Waals surface area contributed by atoms with E-state index in [1.807, 2.05) is 44.2 Å². The van der Waals surface area contributed by atoms with Crippen LogP contribution in [0.15, 0.2) is 36.5 Å². The lowest BCUT2D eigenvalue weighted by Crippen LogP contribution is -2.49. The van der Waals surface area contributed by atoms with Crippen molar-refractivity contribution < 1.29 is 28.7 Å². The van der Waals surface area contributed by atoms with Gasteiger partial charge in [-0.15, -0.1) is 11.3 Å². The van der Waals surface area contributed by atoms with E-state index < -0.39 is 41.4 Å². The minimum Gasteiger partial charge on any atom is -0.461 e. The van der Waals surface area contributed by atoms with E-state index >= 15 is 0 Å². The lowest BCUT2D eigenvalue weighted by Gasteiger charge is -2.27. The van der Waals surface area contributed by atoms with Gasteiger partial charge in [-0.1, -0.05) is 58.0 Å². The molecule has 10 heteroatoms. The van der Waals surface area contributed by atoms with Crippen molar-refractivity contribution in [2.45, 2.75) is 66.2 Å². The van der Waals surface area contributed by atoms with Gasteiger partial charge in [-0.3, -0.25) is 24.0 Å². The second-order valence-electron chi connectivity index (χ2n) is 10.3. The van der Waals surface area contributed by atoms with E-state index in [1.165, 1.54) is 11.3 Å². The maximum Gasteiger partial charge on any atom is 0.306 e. The van der Waals surface area contributed by atoms with E-state index in [0.717, 1.165) is 10.4 Å². The number of hydrogen-bond acceptors (Lipinski definition) is 8. The molecule has 1 aromatic heterocycles. The largest absolute Gasteiger partial charge is 0.461 e. The fraction of sp³-hybridized carbons (Fsp3) is 0.500. The molecule has 3 rings (SSSR count). The minimum atomic E-state index is -0.871. The van der Waals surface area contributed by atoms with Crippen LogP contribution in [0.4, 0.5) is 0 Å². The molecule has 2 N–H and O–H groups in total. The Morgan fingerprint density at radius 3 is 2.47 bits per heavy atom. The highest BCUT2D eigenvalue weighted by Crippen LogP contribution is 2.24. The van der Waals surface area contributed by atoms with E-state index in [-0.39, 0.29) is 50.0 Å². The maximum absolute atomic E-state index is 13.4. The van der Waals surface area contributed by atoms with Gasteiger partial charge in [-0.05, 0) is 23.8 Å². The van der Waals surface area contributed by atoms with E-state index in [9.17, 15) is 24.0 Å². The number of Topliss-reactive ketones (excluding diaryl/α,β-unsaturated/α-hetero) is 2. The monoisotopic (exact) mass is 541 g/mol. The van der Waals surface area contributed by atoms with Crippen LogP contribution in [-0.2, 0) is 48.3 Å². The number of hydrogen-bond donors (Lipinski definition) is 2. The molecule has 0 aliphatic carbocycles. The predicted octanol–water partition coefficient (Wildman–Crippen LogP) is 3.01. The minimum absolute atomic E-state index is 0.115. The van der Waals surface area contributed by atoms with E-state index in [1.54, 1.807) is 20.0 Å². The Bertz CT molecular complexity index is 1160. The van der Waals surface area contributed by atoms with Crippen molar-refractivity contribution >= 4 is 40.7 Å². The zero-order valence-electron chi connectivity index (χ0n) is 22.2. The predicted molar refractivity (Wildman–Crippen MR) is 142 cm³/mol. The average molecular weight is 542 g/mol. The lowest BCUT2D eigenvalue weighted by molar-refractivity contribution is -0.149. The number of esters is 1. The first-order chi connectivity index (χ1) is 18.0. The number of nitrogens with zero attached hydrogens (tertiary/aromatic N) is 1. The summed E-state index contributed by atoms with van der Waals surface area (Å²) < 4.78 is 5.36. The third kappa shape index (κ3) is 8.05. The highest BCUT2D eigenvalue weighted by molar-refractivity contribution is 7.11. The fourth-order valence-corrected chi connectivity index (χ4v) is 5.25. The molecule has 9 nitrogen and oxygen atoms in total. The molecule has 0 fully saturated rings. The Kier molecular flexibility index (Phi) is 10.3. The number of thiazole rings is 1. The zero-order valence-corrected chi connectivity index (χ0v) is 23.0. The van der Waals surface area contributed by atoms with Crippen LogP contribution in [0.3, 0.4) is 0 Å². The molecule has 2 aromatic rings. The molecule has 2 amide bonds. The number of benzene rings is 1. The number of ketones is 2. The third-order valence-electron chi connectivity index (χ3n) is 6.57. The molecule has 204 valence electrons. The smallest absolute Gasteiger partial charge is 0.306 e. The van der Waals surface area contributed by atoms with Gasteiger partial charge in [0.15, 0.2) is 5.78 Å². The summed E-state index contributed by atoms with van der Waals surface area (Å²) in [7, 11) is 0. The van der Waals surface area contributed by atoms with E-state index in [2.05, 4.69) is 15.6 Å². The molecule has 2 bridgehead atoms. The van der Waals surface area contributed by atoms with Crippen molar-refractivity contribution in [2.75, 3.05) is 0 Å². The summed E-state index contributed by atoms with van der Waals surface area (Å²) in [5.74, 6) is -4.63. The van der Waals surface area contributed by atoms with Gasteiger partial charge in [-0.25, -0.2) is 4.98 Å². The van der Waals surface area contributed by atoms with Gasteiger partial charge in [0, 0.05) is 23.4 Å². The normalized spacial score (nSPS) is 17.2. The maximum atomic E-state index is 13.4. The Labute approximate surface area is 226 Å². The Balaban J connectivity index is 1.65. The summed E-state index contributed by atoms with van der Waals surface area (Å²) in [6, 6.07) is 8.39. The number of carbonyl (C=O) groups is 5. The molecule has 0 radical (unpaired) electrons. The molecule has 38 heavy (non-hydrogen) atoms. The van der Waals surface area contributed by atoms with Crippen LogP contribution in [0.1, 0.15) is 56.0 Å². The summed E-state index contributed by atoms with van der Waals surface area (Å²) in [5, 5.41) is 6.07. The Hall–Kier alpha value is -3.40. The standard InChI is InChI=1S/C28H35N3O6S/c1-16(2)21(12-24(33)37-15-18-8-6-5-7-9-18)27(35)31-25(17(3)4)22(32)11-19-10-20-13-29-23(38-20)14-30-28(36)26(19)34/h5-9,13,16-17,19,21,25H,10-12,14-15H2,1-4H3,(H,30,36)(H,31,35). The highest BCUT2D eigenvalue weighted by Gasteiger charge is 2.35. The molecular formula is C28H35N3O6S. The third-order valence-corrected chi connectivity index (χ3v) is 7.59. The number of nitrogens with one attached hydrogen (secondary N) is 2. The van der Waals surface area contributed by atoms with Crippen LogP contribution >= 0.6 is 11.3 Å². The first kappa shape index (κ1) is 29.2. The van der Waals surface area contributed by atoms with Gasteiger partial charge in [0.05, 0.1) is 24.9 Å². The number of ether oxygens (including phenoxy) is 1. The summed E-state index contributed by atoms with van der Waals surface area (Å²) >= 11 is 1.39. The molecule has 1 aliphatic heterocycles. The fourth-order valence-electron chi connectivity index (χ4n) is 4.31. The van der Waals surface area contributed by atoms with Crippen molar-refractivity contribution in [3.63, 3.8) is 0 Å². The topological polar surface area (TPSA) is 132 Å². The van der Waals surface area contributed by atoms with Crippen molar-refractivity contribution in [3.05, 3.63) is 52.0 Å². The zero-order chi connectivity index (χ0) is 27.8. The van der Waals surface area contributed by atoms with Gasteiger partial charge in [-0.2, -0.15) is 0 Å². The second-order valence-corrected chi connectivity index (χ2v) is 11.5. The van der Waals surface area contributed by atoms with Gasteiger partial charge in [0.2, 0.25) is 11.7 Å². The highest BCUT2D eigenvalue weighted by atomic mass is 32.1. The number of carbonyl (C=O) groups excluding carboxylic acids is 5. The van der Waals surface area contributed by atoms with Crippen LogP contribution in [0.25, 0.3) is 0 Å². The van der Waals surface area contributed by atoms with Crippen LogP contribution in [0.5, 0.6) is 0 Å². The molecule has 2 heterocycles. The summed E-state index contributed by atoms with van der Waals surface area (Å²) in [4.78, 5) is 69.3. The van der Waals surface area contributed by atoms with Crippen molar-refractivity contribution in [3.8, 4) is 0 Å². The quantitative estimate of drug-likeness (QED) is 0.330. The number of amides is 2. The molecule has 3 atom stereocenters. The summed E-state index contributed by atoms with van der Waals surface area (Å²) in [6.45, 7) is 7.55. The number of fused-ring (bicyclic) bond motifs is 2. The molecule has 0 saturated heterocycles. The van der Waals surface area contributed by atoms with Crippen LogP contribution in [0, 0.1) is 23.7 Å².